The maximum absolute atomic E-state index is 6.09. The molecule has 0 atom stereocenters. The predicted molar refractivity (Wildman–Crippen MR) is 101 cm³/mol. The van der Waals surface area contributed by atoms with Crippen LogP contribution in [0.5, 0.6) is 5.75 Å². The van der Waals surface area contributed by atoms with Gasteiger partial charge in [-0.15, -0.1) is 0 Å². The second-order valence-electron chi connectivity index (χ2n) is 7.16. The van der Waals surface area contributed by atoms with Crippen molar-refractivity contribution >= 4 is 0 Å². The van der Waals surface area contributed by atoms with Crippen LogP contribution in [-0.4, -0.2) is 93.9 Å². The first-order valence-electron chi connectivity index (χ1n) is 9.73. The zero-order valence-corrected chi connectivity index (χ0v) is 15.7. The first-order valence-corrected chi connectivity index (χ1v) is 9.73. The average molecular weight is 348 g/mol. The summed E-state index contributed by atoms with van der Waals surface area (Å²) in [6, 6.07) is 8.53. The standard InChI is InChI=1S/C20H33N3O2/c1-21-9-11-22(12-10-21)8-4-6-19-5-2-3-7-20(19)25-18-15-23-13-16-24-17-14-23/h2-3,5,7H,4,6,8-18H2,1H3. The van der Waals surface area contributed by atoms with Gasteiger partial charge in [-0.05, 0) is 38.1 Å². The third-order valence-corrected chi connectivity index (χ3v) is 5.26. The number of likely N-dealkylation sites (N-methyl/N-ethyl adjacent to an activating group) is 1. The van der Waals surface area contributed by atoms with E-state index in [2.05, 4.69) is 46.0 Å². The van der Waals surface area contributed by atoms with Crippen LogP contribution in [0.3, 0.4) is 0 Å². The Labute approximate surface area is 152 Å². The van der Waals surface area contributed by atoms with Crippen molar-refractivity contribution in [3.8, 4) is 5.75 Å². The van der Waals surface area contributed by atoms with Crippen molar-refractivity contribution in [2.24, 2.45) is 0 Å². The number of piperazine rings is 1. The number of rotatable bonds is 8. The van der Waals surface area contributed by atoms with Crippen LogP contribution >= 0.6 is 0 Å². The van der Waals surface area contributed by atoms with Gasteiger partial charge in [-0.2, -0.15) is 0 Å². The molecule has 3 rings (SSSR count). The van der Waals surface area contributed by atoms with E-state index in [-0.39, 0.29) is 0 Å². The van der Waals surface area contributed by atoms with Crippen molar-refractivity contribution in [3.05, 3.63) is 29.8 Å². The summed E-state index contributed by atoms with van der Waals surface area (Å²) in [6.07, 6.45) is 2.30. The zero-order valence-electron chi connectivity index (χ0n) is 15.7. The van der Waals surface area contributed by atoms with Gasteiger partial charge in [0.25, 0.3) is 0 Å². The lowest BCUT2D eigenvalue weighted by Gasteiger charge is -2.32. The Morgan fingerprint density at radius 2 is 1.64 bits per heavy atom. The maximum atomic E-state index is 6.09. The number of benzene rings is 1. The Bertz CT molecular complexity index is 497. The Morgan fingerprint density at radius 1 is 0.920 bits per heavy atom. The summed E-state index contributed by atoms with van der Waals surface area (Å²) in [4.78, 5) is 7.41. The molecule has 1 aromatic carbocycles. The first kappa shape index (κ1) is 18.6. The summed E-state index contributed by atoms with van der Waals surface area (Å²) >= 11 is 0. The van der Waals surface area contributed by atoms with Gasteiger partial charge in [0, 0.05) is 45.8 Å². The molecule has 2 saturated heterocycles. The van der Waals surface area contributed by atoms with E-state index in [0.29, 0.717) is 0 Å². The van der Waals surface area contributed by atoms with E-state index in [4.69, 9.17) is 9.47 Å². The highest BCUT2D eigenvalue weighted by Crippen LogP contribution is 2.20. The van der Waals surface area contributed by atoms with Crippen molar-refractivity contribution in [2.75, 3.05) is 79.2 Å². The topological polar surface area (TPSA) is 28.2 Å². The average Bonchev–Trinajstić information content (AvgIpc) is 2.65. The second-order valence-corrected chi connectivity index (χ2v) is 7.16. The summed E-state index contributed by atoms with van der Waals surface area (Å²) < 4.78 is 11.5. The molecule has 0 aliphatic carbocycles. The molecule has 0 spiro atoms. The number of ether oxygens (including phenoxy) is 2. The zero-order chi connectivity index (χ0) is 17.3. The van der Waals surface area contributed by atoms with Gasteiger partial charge in [0.05, 0.1) is 13.2 Å². The van der Waals surface area contributed by atoms with Gasteiger partial charge in [-0.1, -0.05) is 18.2 Å². The highest BCUT2D eigenvalue weighted by Gasteiger charge is 2.14. The molecule has 5 heteroatoms. The molecule has 0 saturated carbocycles. The van der Waals surface area contributed by atoms with Crippen LogP contribution < -0.4 is 4.74 Å². The van der Waals surface area contributed by atoms with Crippen LogP contribution in [0.25, 0.3) is 0 Å². The molecule has 1 aromatic rings. The second kappa shape index (κ2) is 10.1. The molecule has 2 fully saturated rings. The van der Waals surface area contributed by atoms with Crippen molar-refractivity contribution in [1.82, 2.24) is 14.7 Å². The van der Waals surface area contributed by atoms with Crippen LogP contribution in [-0.2, 0) is 11.2 Å². The highest BCUT2D eigenvalue weighted by atomic mass is 16.5. The van der Waals surface area contributed by atoms with Crippen LogP contribution in [0.4, 0.5) is 0 Å². The fraction of sp³-hybridized carbons (Fsp3) is 0.700. The molecular formula is C20H33N3O2. The highest BCUT2D eigenvalue weighted by molar-refractivity contribution is 5.33. The smallest absolute Gasteiger partial charge is 0.122 e. The van der Waals surface area contributed by atoms with E-state index < -0.39 is 0 Å². The molecule has 2 aliphatic heterocycles. The van der Waals surface area contributed by atoms with Crippen molar-refractivity contribution in [1.29, 1.82) is 0 Å². The van der Waals surface area contributed by atoms with Gasteiger partial charge in [0.1, 0.15) is 12.4 Å². The molecule has 5 nitrogen and oxygen atoms in total. The van der Waals surface area contributed by atoms with Crippen LogP contribution in [0.15, 0.2) is 24.3 Å². The quantitative estimate of drug-likeness (QED) is 0.712. The number of para-hydroxylation sites is 1. The van der Waals surface area contributed by atoms with Gasteiger partial charge in [0.2, 0.25) is 0 Å². The van der Waals surface area contributed by atoms with Crippen molar-refractivity contribution in [3.63, 3.8) is 0 Å². The number of hydrogen-bond donors (Lipinski definition) is 0. The van der Waals surface area contributed by atoms with Crippen molar-refractivity contribution in [2.45, 2.75) is 12.8 Å². The fourth-order valence-corrected chi connectivity index (χ4v) is 3.53. The van der Waals surface area contributed by atoms with Gasteiger partial charge in [-0.3, -0.25) is 4.90 Å². The minimum atomic E-state index is 0.759. The normalized spacial score (nSPS) is 20.7. The molecule has 2 aliphatic rings. The van der Waals surface area contributed by atoms with E-state index in [1.54, 1.807) is 0 Å². The summed E-state index contributed by atoms with van der Waals surface area (Å²) in [5.41, 5.74) is 1.35. The Morgan fingerprint density at radius 3 is 2.44 bits per heavy atom. The molecule has 2 heterocycles. The van der Waals surface area contributed by atoms with Crippen LogP contribution in [0, 0.1) is 0 Å². The SMILES string of the molecule is CN1CCN(CCCc2ccccc2OCCN2CCOCC2)CC1. The molecular weight excluding hydrogens is 314 g/mol. The van der Waals surface area contributed by atoms with E-state index in [0.717, 1.165) is 51.6 Å². The van der Waals surface area contributed by atoms with Gasteiger partial charge < -0.3 is 19.3 Å². The third-order valence-electron chi connectivity index (χ3n) is 5.26. The Kier molecular flexibility index (Phi) is 7.55. The monoisotopic (exact) mass is 347 g/mol. The van der Waals surface area contributed by atoms with Gasteiger partial charge in [-0.25, -0.2) is 0 Å². The molecule has 0 unspecified atom stereocenters. The third kappa shape index (κ3) is 6.26. The molecule has 0 amide bonds. The summed E-state index contributed by atoms with van der Waals surface area (Å²) in [5.74, 6) is 1.06. The van der Waals surface area contributed by atoms with Crippen LogP contribution in [0.1, 0.15) is 12.0 Å². The lowest BCUT2D eigenvalue weighted by atomic mass is 10.1. The maximum Gasteiger partial charge on any atom is 0.122 e. The van der Waals surface area contributed by atoms with E-state index in [1.165, 1.54) is 44.7 Å². The Balaban J connectivity index is 1.39. The van der Waals surface area contributed by atoms with Crippen LogP contribution in [0.2, 0.25) is 0 Å². The Hall–Kier alpha value is -1.14. The lowest BCUT2D eigenvalue weighted by molar-refractivity contribution is 0.0322. The number of aryl methyl sites for hydroxylation is 1. The van der Waals surface area contributed by atoms with Gasteiger partial charge >= 0.3 is 0 Å². The molecule has 0 bridgehead atoms. The van der Waals surface area contributed by atoms with Crippen molar-refractivity contribution < 1.29 is 9.47 Å². The molecule has 0 radical (unpaired) electrons. The minimum absolute atomic E-state index is 0.759. The number of nitrogens with zero attached hydrogens (tertiary/aromatic N) is 3. The summed E-state index contributed by atoms with van der Waals surface area (Å²) in [6.45, 7) is 11.5. The molecule has 25 heavy (non-hydrogen) atoms. The summed E-state index contributed by atoms with van der Waals surface area (Å²) in [7, 11) is 2.21. The largest absolute Gasteiger partial charge is 0.492 e. The molecule has 0 N–H and O–H groups in total. The predicted octanol–water partition coefficient (Wildman–Crippen LogP) is 1.58. The molecule has 0 aromatic heterocycles. The summed E-state index contributed by atoms with van der Waals surface area (Å²) in [5, 5.41) is 0. The van der Waals surface area contributed by atoms with E-state index >= 15 is 0 Å². The minimum Gasteiger partial charge on any atom is -0.492 e. The fourth-order valence-electron chi connectivity index (χ4n) is 3.53. The number of hydrogen-bond acceptors (Lipinski definition) is 5. The lowest BCUT2D eigenvalue weighted by Crippen LogP contribution is -2.44. The van der Waals surface area contributed by atoms with Gasteiger partial charge in [0.15, 0.2) is 0 Å². The first-order chi connectivity index (χ1) is 12.3. The molecule has 140 valence electrons. The number of morpholine rings is 1. The van der Waals surface area contributed by atoms with E-state index in [9.17, 15) is 0 Å². The van der Waals surface area contributed by atoms with E-state index in [1.807, 2.05) is 0 Å².